The van der Waals surface area contributed by atoms with E-state index >= 15 is 0 Å². The van der Waals surface area contributed by atoms with Gasteiger partial charge in [0.25, 0.3) is 0 Å². The average molecular weight is 741 g/mol. The van der Waals surface area contributed by atoms with Gasteiger partial charge in [0, 0.05) is 56.6 Å². The lowest BCUT2D eigenvalue weighted by Gasteiger charge is -2.53. The van der Waals surface area contributed by atoms with Crippen LogP contribution in [0.15, 0.2) is 10.5 Å². The molecule has 0 saturated carbocycles. The van der Waals surface area contributed by atoms with Crippen LogP contribution < -0.4 is 14.4 Å². The molecule has 16 heteroatoms. The molecule has 3 aliphatic rings. The number of hydrogen-bond donors (Lipinski definition) is 0. The molecule has 1 amide bonds. The molecule has 1 aromatic heterocycles. The van der Waals surface area contributed by atoms with Crippen LogP contribution in [0.3, 0.4) is 0 Å². The zero-order chi connectivity index (χ0) is 34.4. The summed E-state index contributed by atoms with van der Waals surface area (Å²) in [7, 11) is 0. The minimum absolute atomic E-state index is 0.0334. The summed E-state index contributed by atoms with van der Waals surface area (Å²) < 4.78 is 95.1. The molecule has 1 aromatic carbocycles. The van der Waals surface area contributed by atoms with Gasteiger partial charge in [0.15, 0.2) is 12.4 Å². The van der Waals surface area contributed by atoms with E-state index in [4.69, 9.17) is 19.2 Å². The Morgan fingerprint density at radius 2 is 1.64 bits per heavy atom. The minimum atomic E-state index is -4.58. The molecule has 1 spiro atoms. The van der Waals surface area contributed by atoms with Gasteiger partial charge in [-0.25, -0.2) is 4.79 Å². The lowest BCUT2D eigenvalue weighted by atomic mass is 9.72. The standard InChI is InChI=1S/C31H40BrF6N5O4/c1-19-15-21-23(24(22(19)32)45-18-31(36,37)38)39-26(46-20-5-10-41(11-6-20)12-9-30(33,34)35)40-25(21)42-13-7-29(8-14-42)16-43(17-29)27(44)47-28(2,3)4/h15,20H,5-14,16-18H2,1-4H3. The normalized spacial score (nSPS) is 19.6. The van der Waals surface area contributed by atoms with E-state index in [0.29, 0.717) is 73.4 Å². The van der Waals surface area contributed by atoms with Crippen molar-refractivity contribution in [2.24, 2.45) is 5.41 Å². The van der Waals surface area contributed by atoms with Crippen molar-refractivity contribution in [1.29, 1.82) is 0 Å². The van der Waals surface area contributed by atoms with Crippen LogP contribution in [0.2, 0.25) is 0 Å². The van der Waals surface area contributed by atoms with E-state index in [0.717, 1.165) is 12.8 Å². The number of rotatable bonds is 7. The van der Waals surface area contributed by atoms with Crippen LogP contribution in [0, 0.1) is 12.3 Å². The zero-order valence-electron chi connectivity index (χ0n) is 26.9. The van der Waals surface area contributed by atoms with Crippen LogP contribution in [-0.2, 0) is 4.74 Å². The molecule has 4 heterocycles. The van der Waals surface area contributed by atoms with Crippen LogP contribution in [-0.4, -0.2) is 102 Å². The highest BCUT2D eigenvalue weighted by molar-refractivity contribution is 9.10. The number of halogens is 7. The molecule has 3 saturated heterocycles. The summed E-state index contributed by atoms with van der Waals surface area (Å²) in [5.74, 6) is 0.423. The van der Waals surface area contributed by atoms with E-state index in [1.807, 2.05) is 20.8 Å². The van der Waals surface area contributed by atoms with E-state index in [2.05, 4.69) is 25.8 Å². The van der Waals surface area contributed by atoms with Gasteiger partial charge in [0.05, 0.1) is 10.9 Å². The molecule has 262 valence electrons. The van der Waals surface area contributed by atoms with Gasteiger partial charge < -0.3 is 28.9 Å². The lowest BCUT2D eigenvalue weighted by Crippen LogP contribution is -2.62. The molecular formula is C31H40BrF6N5O4. The number of nitrogens with zero attached hydrogens (tertiary/aromatic N) is 5. The molecule has 9 nitrogen and oxygen atoms in total. The van der Waals surface area contributed by atoms with Crippen molar-refractivity contribution in [2.75, 3.05) is 57.3 Å². The molecule has 0 radical (unpaired) electrons. The van der Waals surface area contributed by atoms with E-state index < -0.39 is 31.0 Å². The first kappa shape index (κ1) is 35.6. The van der Waals surface area contributed by atoms with Crippen LogP contribution >= 0.6 is 15.9 Å². The van der Waals surface area contributed by atoms with Gasteiger partial charge in [0.1, 0.15) is 23.0 Å². The van der Waals surface area contributed by atoms with E-state index in [-0.39, 0.29) is 41.4 Å². The van der Waals surface area contributed by atoms with Crippen molar-refractivity contribution >= 4 is 38.7 Å². The van der Waals surface area contributed by atoms with Gasteiger partial charge in [-0.2, -0.15) is 36.3 Å². The third-order valence-corrected chi connectivity index (χ3v) is 9.74. The first-order chi connectivity index (χ1) is 21.8. The maximum absolute atomic E-state index is 13.2. The summed E-state index contributed by atoms with van der Waals surface area (Å²) >= 11 is 3.38. The fourth-order valence-corrected chi connectivity index (χ4v) is 6.72. The van der Waals surface area contributed by atoms with Crippen molar-refractivity contribution in [3.63, 3.8) is 0 Å². The minimum Gasteiger partial charge on any atom is -0.481 e. The van der Waals surface area contributed by atoms with Crippen LogP contribution in [0.4, 0.5) is 37.0 Å². The summed E-state index contributed by atoms with van der Waals surface area (Å²) in [5.41, 5.74) is 0.154. The summed E-state index contributed by atoms with van der Waals surface area (Å²) in [6, 6.07) is 1.77. The second-order valence-corrected chi connectivity index (χ2v) is 14.6. The molecule has 0 unspecified atom stereocenters. The third-order valence-electron chi connectivity index (χ3n) is 8.75. The Morgan fingerprint density at radius 3 is 2.21 bits per heavy atom. The monoisotopic (exact) mass is 739 g/mol. The second-order valence-electron chi connectivity index (χ2n) is 13.8. The van der Waals surface area contributed by atoms with Gasteiger partial charge in [-0.1, -0.05) is 0 Å². The Bertz CT molecular complexity index is 1440. The number of carbonyl (C=O) groups is 1. The van der Waals surface area contributed by atoms with Crippen LogP contribution in [0.25, 0.3) is 10.9 Å². The fourth-order valence-electron chi connectivity index (χ4n) is 6.30. The zero-order valence-corrected chi connectivity index (χ0v) is 28.4. The Morgan fingerprint density at radius 1 is 1.00 bits per heavy atom. The molecule has 3 fully saturated rings. The van der Waals surface area contributed by atoms with Gasteiger partial charge in [-0.15, -0.1) is 0 Å². The molecular weight excluding hydrogens is 700 g/mol. The topological polar surface area (TPSA) is 80.3 Å². The number of hydrogen-bond acceptors (Lipinski definition) is 8. The van der Waals surface area contributed by atoms with Gasteiger partial charge in [0.2, 0.25) is 0 Å². The average Bonchev–Trinajstić information content (AvgIpc) is 2.94. The Kier molecular flexibility index (Phi) is 10.0. The summed E-state index contributed by atoms with van der Waals surface area (Å²) in [6.45, 7) is 8.74. The Balaban J connectivity index is 1.37. The molecule has 47 heavy (non-hydrogen) atoms. The number of fused-ring (bicyclic) bond motifs is 1. The van der Waals surface area contributed by atoms with Gasteiger partial charge >= 0.3 is 24.5 Å². The van der Waals surface area contributed by atoms with Gasteiger partial charge in [-0.05, 0) is 80.9 Å². The van der Waals surface area contributed by atoms with Crippen molar-refractivity contribution in [3.05, 3.63) is 16.1 Å². The second kappa shape index (κ2) is 13.3. The highest BCUT2D eigenvalue weighted by atomic mass is 79.9. The largest absolute Gasteiger partial charge is 0.481 e. The number of aromatic nitrogens is 2. The molecule has 0 bridgehead atoms. The van der Waals surface area contributed by atoms with Crippen molar-refractivity contribution in [2.45, 2.75) is 83.9 Å². The van der Waals surface area contributed by atoms with Crippen molar-refractivity contribution < 1.29 is 45.3 Å². The fraction of sp³-hybridized carbons (Fsp3) is 0.710. The number of alkyl halides is 6. The van der Waals surface area contributed by atoms with Crippen LogP contribution in [0.1, 0.15) is 58.4 Å². The molecule has 5 rings (SSSR count). The molecule has 0 atom stereocenters. The quantitative estimate of drug-likeness (QED) is 0.275. The predicted molar refractivity (Wildman–Crippen MR) is 166 cm³/mol. The van der Waals surface area contributed by atoms with E-state index in [1.165, 1.54) is 0 Å². The maximum atomic E-state index is 13.2. The SMILES string of the molecule is Cc1cc2c(N3CCC4(CC3)CN(C(=O)OC(C)(C)C)C4)nc(OC3CCN(CCC(F)(F)F)CC3)nc2c(OCC(F)(F)F)c1Br. The Labute approximate surface area is 278 Å². The van der Waals surface area contributed by atoms with Crippen molar-refractivity contribution in [1.82, 2.24) is 19.8 Å². The highest BCUT2D eigenvalue weighted by Crippen LogP contribution is 2.45. The molecule has 2 aromatic rings. The van der Waals surface area contributed by atoms with E-state index in [9.17, 15) is 31.1 Å². The first-order valence-electron chi connectivity index (χ1n) is 15.7. The number of carbonyl (C=O) groups excluding carboxylic acids is 1. The highest BCUT2D eigenvalue weighted by Gasteiger charge is 2.48. The van der Waals surface area contributed by atoms with Gasteiger partial charge in [-0.3, -0.25) is 0 Å². The Hall–Kier alpha value is -2.75. The smallest absolute Gasteiger partial charge is 0.422 e. The number of aryl methyl sites for hydroxylation is 1. The van der Waals surface area contributed by atoms with E-state index in [1.54, 1.807) is 22.8 Å². The summed E-state index contributed by atoms with van der Waals surface area (Å²) in [4.78, 5) is 27.3. The number of amides is 1. The first-order valence-corrected chi connectivity index (χ1v) is 16.5. The number of likely N-dealkylation sites (tertiary alicyclic amines) is 2. The third kappa shape index (κ3) is 9.04. The molecule has 3 aliphatic heterocycles. The molecule has 0 N–H and O–H groups in total. The number of anilines is 1. The predicted octanol–water partition coefficient (Wildman–Crippen LogP) is 7.27. The van der Waals surface area contributed by atoms with Crippen LogP contribution in [0.5, 0.6) is 11.8 Å². The van der Waals surface area contributed by atoms with Crippen molar-refractivity contribution in [3.8, 4) is 11.8 Å². The molecule has 0 aliphatic carbocycles. The maximum Gasteiger partial charge on any atom is 0.422 e. The lowest BCUT2D eigenvalue weighted by molar-refractivity contribution is -0.153. The summed E-state index contributed by atoms with van der Waals surface area (Å²) in [6.07, 6.45) is -8.00. The number of ether oxygens (including phenoxy) is 3. The number of piperidine rings is 2. The summed E-state index contributed by atoms with van der Waals surface area (Å²) in [5, 5.41) is 0.511. The number of benzene rings is 1.